The fourth-order valence-corrected chi connectivity index (χ4v) is 3.53. The van der Waals surface area contributed by atoms with Gasteiger partial charge < -0.3 is 20.3 Å². The number of ether oxygens (including phenoxy) is 1. The van der Waals surface area contributed by atoms with Crippen LogP contribution in [0.15, 0.2) is 35.3 Å². The number of aliphatic imine (C=N–C) groups is 1. The Morgan fingerprint density at radius 1 is 1.30 bits per heavy atom. The van der Waals surface area contributed by atoms with Crippen molar-refractivity contribution in [2.24, 2.45) is 4.99 Å². The van der Waals surface area contributed by atoms with Crippen LogP contribution < -0.4 is 10.6 Å². The fraction of sp³-hybridized carbons (Fsp3) is 0.667. The molecule has 1 aromatic carbocycles. The number of nitrogens with zero attached hydrogens (tertiary/aromatic N) is 3. The molecule has 1 fully saturated rings. The van der Waals surface area contributed by atoms with E-state index in [1.54, 1.807) is 7.11 Å². The van der Waals surface area contributed by atoms with Crippen LogP contribution in [0.2, 0.25) is 0 Å². The Kier molecular flexibility index (Phi) is 9.59. The molecule has 0 aromatic heterocycles. The molecule has 2 N–H and O–H groups in total. The lowest BCUT2D eigenvalue weighted by molar-refractivity contribution is 0.0894. The summed E-state index contributed by atoms with van der Waals surface area (Å²) in [6.07, 6.45) is 1.06. The van der Waals surface area contributed by atoms with Crippen molar-refractivity contribution in [3.63, 3.8) is 0 Å². The van der Waals surface area contributed by atoms with Crippen molar-refractivity contribution in [2.45, 2.75) is 32.4 Å². The van der Waals surface area contributed by atoms with Crippen LogP contribution in [-0.2, 0) is 4.74 Å². The summed E-state index contributed by atoms with van der Waals surface area (Å²) >= 11 is 0. The number of hydrogen-bond acceptors (Lipinski definition) is 4. The molecule has 2 atom stereocenters. The van der Waals surface area contributed by atoms with Gasteiger partial charge in [0.15, 0.2) is 5.96 Å². The fourth-order valence-electron chi connectivity index (χ4n) is 3.53. The van der Waals surface area contributed by atoms with Crippen LogP contribution in [0.1, 0.15) is 31.9 Å². The molecule has 1 aromatic rings. The molecule has 2 unspecified atom stereocenters. The quantitative estimate of drug-likeness (QED) is 0.393. The molecule has 0 radical (unpaired) electrons. The average Bonchev–Trinajstić information content (AvgIpc) is 2.67. The summed E-state index contributed by atoms with van der Waals surface area (Å²) in [6.45, 7) is 11.0. The van der Waals surface area contributed by atoms with Gasteiger partial charge in [0.2, 0.25) is 0 Å². The Hall–Kier alpha value is -1.63. The number of guanidine groups is 1. The van der Waals surface area contributed by atoms with Crippen LogP contribution in [-0.4, -0.2) is 81.8 Å². The van der Waals surface area contributed by atoms with E-state index in [4.69, 9.17) is 9.73 Å². The van der Waals surface area contributed by atoms with E-state index in [1.807, 2.05) is 0 Å². The molecule has 2 rings (SSSR count). The van der Waals surface area contributed by atoms with Crippen molar-refractivity contribution in [1.82, 2.24) is 20.4 Å². The number of benzene rings is 1. The highest BCUT2D eigenvalue weighted by Crippen LogP contribution is 2.24. The third-order valence-electron chi connectivity index (χ3n) is 4.90. The minimum Gasteiger partial charge on any atom is -0.383 e. The highest BCUT2D eigenvalue weighted by molar-refractivity contribution is 5.80. The van der Waals surface area contributed by atoms with Crippen LogP contribution in [0.5, 0.6) is 0 Å². The van der Waals surface area contributed by atoms with Gasteiger partial charge in [-0.15, -0.1) is 0 Å². The van der Waals surface area contributed by atoms with Gasteiger partial charge in [-0.1, -0.05) is 30.3 Å². The topological polar surface area (TPSA) is 52.1 Å². The summed E-state index contributed by atoms with van der Waals surface area (Å²) in [7, 11) is 3.94. The lowest BCUT2D eigenvalue weighted by Crippen LogP contribution is -2.47. The number of rotatable bonds is 9. The zero-order valence-electron chi connectivity index (χ0n) is 17.4. The Morgan fingerprint density at radius 2 is 2.07 bits per heavy atom. The SMILES string of the molecule is CCNC(=NCCCN1CCN(C)CC1c1ccccc1)NC(C)COC. The Labute approximate surface area is 165 Å². The smallest absolute Gasteiger partial charge is 0.191 e. The Bertz CT molecular complexity index is 551. The number of methoxy groups -OCH3 is 1. The summed E-state index contributed by atoms with van der Waals surface area (Å²) in [6, 6.07) is 11.6. The normalized spacial score (nSPS) is 20.4. The second-order valence-electron chi connectivity index (χ2n) is 7.34. The number of hydrogen-bond donors (Lipinski definition) is 2. The zero-order chi connectivity index (χ0) is 19.5. The molecule has 6 nitrogen and oxygen atoms in total. The van der Waals surface area contributed by atoms with E-state index >= 15 is 0 Å². The van der Waals surface area contributed by atoms with Gasteiger partial charge in [0.05, 0.1) is 6.61 Å². The minimum absolute atomic E-state index is 0.243. The predicted molar refractivity (Wildman–Crippen MR) is 113 cm³/mol. The van der Waals surface area contributed by atoms with E-state index in [-0.39, 0.29) is 6.04 Å². The zero-order valence-corrected chi connectivity index (χ0v) is 17.4. The van der Waals surface area contributed by atoms with Crippen molar-refractivity contribution in [3.05, 3.63) is 35.9 Å². The predicted octanol–water partition coefficient (Wildman–Crippen LogP) is 1.96. The highest BCUT2D eigenvalue weighted by Gasteiger charge is 2.25. The number of piperazine rings is 1. The lowest BCUT2D eigenvalue weighted by Gasteiger charge is -2.40. The molecule has 0 aliphatic carbocycles. The second kappa shape index (κ2) is 12.0. The van der Waals surface area contributed by atoms with E-state index in [0.717, 1.165) is 51.6 Å². The van der Waals surface area contributed by atoms with Gasteiger partial charge in [0.1, 0.15) is 0 Å². The van der Waals surface area contributed by atoms with Crippen molar-refractivity contribution < 1.29 is 4.74 Å². The molecular weight excluding hydrogens is 338 g/mol. The molecule has 152 valence electrons. The maximum absolute atomic E-state index is 5.19. The summed E-state index contributed by atoms with van der Waals surface area (Å²) in [4.78, 5) is 9.77. The Balaban J connectivity index is 1.87. The first-order valence-electron chi connectivity index (χ1n) is 10.1. The van der Waals surface area contributed by atoms with Gasteiger partial charge in [-0.2, -0.15) is 0 Å². The first-order chi connectivity index (χ1) is 13.1. The third kappa shape index (κ3) is 7.48. The molecule has 0 bridgehead atoms. The molecule has 0 spiro atoms. The largest absolute Gasteiger partial charge is 0.383 e. The van der Waals surface area contributed by atoms with Crippen molar-refractivity contribution in [2.75, 3.05) is 60.0 Å². The molecule has 0 amide bonds. The third-order valence-corrected chi connectivity index (χ3v) is 4.90. The monoisotopic (exact) mass is 375 g/mol. The van der Waals surface area contributed by atoms with Crippen LogP contribution in [0.4, 0.5) is 0 Å². The Morgan fingerprint density at radius 3 is 2.78 bits per heavy atom. The lowest BCUT2D eigenvalue weighted by atomic mass is 10.0. The average molecular weight is 376 g/mol. The molecule has 1 aliphatic rings. The van der Waals surface area contributed by atoms with Crippen molar-refractivity contribution in [3.8, 4) is 0 Å². The molecule has 6 heteroatoms. The number of nitrogens with one attached hydrogen (secondary N) is 2. The highest BCUT2D eigenvalue weighted by atomic mass is 16.5. The van der Waals surface area contributed by atoms with Crippen LogP contribution in [0.25, 0.3) is 0 Å². The first kappa shape index (κ1) is 21.7. The second-order valence-corrected chi connectivity index (χ2v) is 7.34. The van der Waals surface area contributed by atoms with E-state index in [1.165, 1.54) is 5.56 Å². The summed E-state index contributed by atoms with van der Waals surface area (Å²) in [5, 5.41) is 6.71. The summed E-state index contributed by atoms with van der Waals surface area (Å²) < 4.78 is 5.19. The molecule has 1 saturated heterocycles. The maximum Gasteiger partial charge on any atom is 0.191 e. The van der Waals surface area contributed by atoms with Crippen molar-refractivity contribution >= 4 is 5.96 Å². The molecule has 0 saturated carbocycles. The first-order valence-corrected chi connectivity index (χ1v) is 10.1. The standard InChI is InChI=1S/C21H37N5O/c1-5-22-21(24-18(2)17-27-4)23-12-9-13-26-15-14-25(3)16-20(26)19-10-7-6-8-11-19/h6-8,10-11,18,20H,5,9,12-17H2,1-4H3,(H2,22,23,24). The van der Waals surface area contributed by atoms with Crippen molar-refractivity contribution in [1.29, 1.82) is 0 Å². The molecule has 1 aliphatic heterocycles. The minimum atomic E-state index is 0.243. The van der Waals surface area contributed by atoms with Crippen LogP contribution in [0.3, 0.4) is 0 Å². The number of likely N-dealkylation sites (N-methyl/N-ethyl adjacent to an activating group) is 1. The van der Waals surface area contributed by atoms with Gasteiger partial charge in [-0.3, -0.25) is 9.89 Å². The van der Waals surface area contributed by atoms with Gasteiger partial charge in [-0.25, -0.2) is 0 Å². The summed E-state index contributed by atoms with van der Waals surface area (Å²) in [5.41, 5.74) is 1.41. The van der Waals surface area contributed by atoms with Crippen LogP contribution >= 0.6 is 0 Å². The molecule has 27 heavy (non-hydrogen) atoms. The van der Waals surface area contributed by atoms with Crippen LogP contribution in [0, 0.1) is 0 Å². The van der Waals surface area contributed by atoms with Gasteiger partial charge in [0.25, 0.3) is 0 Å². The van der Waals surface area contributed by atoms with Gasteiger partial charge >= 0.3 is 0 Å². The van der Waals surface area contributed by atoms with Gasteiger partial charge in [-0.05, 0) is 32.9 Å². The van der Waals surface area contributed by atoms with E-state index in [9.17, 15) is 0 Å². The van der Waals surface area contributed by atoms with E-state index in [2.05, 4.69) is 71.7 Å². The van der Waals surface area contributed by atoms with E-state index < -0.39 is 0 Å². The molecule has 1 heterocycles. The van der Waals surface area contributed by atoms with Gasteiger partial charge in [0, 0.05) is 58.5 Å². The van der Waals surface area contributed by atoms with E-state index in [0.29, 0.717) is 12.6 Å². The summed E-state index contributed by atoms with van der Waals surface area (Å²) in [5.74, 6) is 0.875. The maximum atomic E-state index is 5.19. The molecular formula is C21H37N5O.